The largest absolute Gasteiger partial charge is 0.343 e. The van der Waals surface area contributed by atoms with Crippen molar-refractivity contribution in [2.24, 2.45) is 0 Å². The van der Waals surface area contributed by atoms with Gasteiger partial charge >= 0.3 is 0 Å². The van der Waals surface area contributed by atoms with Crippen LogP contribution in [0.5, 0.6) is 0 Å². The summed E-state index contributed by atoms with van der Waals surface area (Å²) >= 11 is 0. The summed E-state index contributed by atoms with van der Waals surface area (Å²) in [6.07, 6.45) is 13.3. The lowest BCUT2D eigenvalue weighted by Crippen LogP contribution is -2.35. The van der Waals surface area contributed by atoms with E-state index in [4.69, 9.17) is 0 Å². The first-order valence-corrected chi connectivity index (χ1v) is 6.95. The Labute approximate surface area is 100 Å². The van der Waals surface area contributed by atoms with Crippen LogP contribution in [-0.2, 0) is 4.79 Å². The molecule has 1 fully saturated rings. The average molecular weight is 225 g/mol. The number of amides is 1. The highest BCUT2D eigenvalue weighted by atomic mass is 16.2. The summed E-state index contributed by atoms with van der Waals surface area (Å²) in [7, 11) is 1.96. The number of nitrogens with zero attached hydrogens (tertiary/aromatic N) is 1. The fourth-order valence-electron chi connectivity index (χ4n) is 2.61. The normalized spacial score (nSPS) is 21.1. The van der Waals surface area contributed by atoms with E-state index in [0.717, 1.165) is 0 Å². The zero-order valence-corrected chi connectivity index (χ0v) is 11.0. The smallest absolute Gasteiger partial charge is 0.219 e. The van der Waals surface area contributed by atoms with Gasteiger partial charge in [0.1, 0.15) is 0 Å². The van der Waals surface area contributed by atoms with Crippen LogP contribution in [0.15, 0.2) is 0 Å². The lowest BCUT2D eigenvalue weighted by molar-refractivity contribution is -0.129. The maximum Gasteiger partial charge on any atom is 0.219 e. The molecule has 0 aromatic rings. The molecule has 94 valence electrons. The van der Waals surface area contributed by atoms with Gasteiger partial charge in [0, 0.05) is 20.0 Å². The summed E-state index contributed by atoms with van der Waals surface area (Å²) in [4.78, 5) is 13.3. The molecule has 0 saturated heterocycles. The van der Waals surface area contributed by atoms with Gasteiger partial charge in [0.25, 0.3) is 0 Å². The molecule has 16 heavy (non-hydrogen) atoms. The third-order valence-corrected chi connectivity index (χ3v) is 3.87. The predicted octanol–water partition coefficient (Wildman–Crippen LogP) is 3.75. The van der Waals surface area contributed by atoms with Gasteiger partial charge in [-0.05, 0) is 12.8 Å². The van der Waals surface area contributed by atoms with E-state index in [0.29, 0.717) is 6.04 Å². The minimum absolute atomic E-state index is 0.222. The maximum absolute atomic E-state index is 11.4. The van der Waals surface area contributed by atoms with Gasteiger partial charge in [0.15, 0.2) is 0 Å². The minimum Gasteiger partial charge on any atom is -0.343 e. The van der Waals surface area contributed by atoms with E-state index >= 15 is 0 Å². The van der Waals surface area contributed by atoms with Gasteiger partial charge in [0.05, 0.1) is 0 Å². The van der Waals surface area contributed by atoms with Gasteiger partial charge < -0.3 is 4.90 Å². The Bertz CT molecular complexity index is 191. The second kappa shape index (κ2) is 7.70. The first-order valence-electron chi connectivity index (χ1n) is 6.95. The Morgan fingerprint density at radius 1 is 0.875 bits per heavy atom. The molecular weight excluding hydrogens is 198 g/mol. The van der Waals surface area contributed by atoms with Crippen LogP contribution in [0, 0.1) is 0 Å². The van der Waals surface area contributed by atoms with Crippen molar-refractivity contribution in [2.75, 3.05) is 7.05 Å². The number of hydrogen-bond donors (Lipinski definition) is 0. The third-order valence-electron chi connectivity index (χ3n) is 3.87. The molecule has 0 heterocycles. The zero-order chi connectivity index (χ0) is 11.8. The molecule has 0 aliphatic heterocycles. The fraction of sp³-hybridized carbons (Fsp3) is 0.929. The average Bonchev–Trinajstić information content (AvgIpc) is 2.32. The summed E-state index contributed by atoms with van der Waals surface area (Å²) < 4.78 is 0. The topological polar surface area (TPSA) is 20.3 Å². The molecule has 1 aliphatic rings. The molecule has 0 aromatic heterocycles. The molecule has 0 unspecified atom stereocenters. The van der Waals surface area contributed by atoms with Crippen LogP contribution >= 0.6 is 0 Å². The lowest BCUT2D eigenvalue weighted by Gasteiger charge is -2.27. The Morgan fingerprint density at radius 3 is 1.62 bits per heavy atom. The zero-order valence-electron chi connectivity index (χ0n) is 11.0. The summed E-state index contributed by atoms with van der Waals surface area (Å²) in [5.41, 5.74) is 0. The van der Waals surface area contributed by atoms with Crippen molar-refractivity contribution in [2.45, 2.75) is 77.2 Å². The molecule has 0 bridgehead atoms. The summed E-state index contributed by atoms with van der Waals surface area (Å²) in [6, 6.07) is 0.496. The van der Waals surface area contributed by atoms with Crippen LogP contribution in [-0.4, -0.2) is 23.9 Å². The quantitative estimate of drug-likeness (QED) is 0.665. The van der Waals surface area contributed by atoms with Crippen molar-refractivity contribution in [1.29, 1.82) is 0 Å². The number of rotatable bonds is 1. The SMILES string of the molecule is CC(=O)N(C)C1CCCCCCCCCC1. The lowest BCUT2D eigenvalue weighted by atomic mass is 10.0. The molecule has 2 nitrogen and oxygen atoms in total. The Morgan fingerprint density at radius 2 is 1.25 bits per heavy atom. The summed E-state index contributed by atoms with van der Waals surface area (Å²) in [5, 5.41) is 0. The first-order chi connectivity index (χ1) is 7.72. The van der Waals surface area contributed by atoms with E-state index in [1.807, 2.05) is 11.9 Å². The van der Waals surface area contributed by atoms with E-state index in [9.17, 15) is 4.79 Å². The predicted molar refractivity (Wildman–Crippen MR) is 68.4 cm³/mol. The Hall–Kier alpha value is -0.530. The highest BCUT2D eigenvalue weighted by Gasteiger charge is 2.16. The second-order valence-corrected chi connectivity index (χ2v) is 5.19. The second-order valence-electron chi connectivity index (χ2n) is 5.19. The van der Waals surface area contributed by atoms with E-state index in [2.05, 4.69) is 0 Å². The highest BCUT2D eigenvalue weighted by Crippen LogP contribution is 2.19. The van der Waals surface area contributed by atoms with Crippen molar-refractivity contribution in [3.05, 3.63) is 0 Å². The molecule has 0 spiro atoms. The molecule has 0 aromatic carbocycles. The van der Waals surface area contributed by atoms with Crippen molar-refractivity contribution >= 4 is 5.91 Å². The first kappa shape index (κ1) is 13.5. The molecule has 1 amide bonds. The van der Waals surface area contributed by atoms with Gasteiger partial charge in [-0.1, -0.05) is 51.4 Å². The van der Waals surface area contributed by atoms with Crippen LogP contribution in [0.1, 0.15) is 71.1 Å². The van der Waals surface area contributed by atoms with Gasteiger partial charge in [-0.3, -0.25) is 4.79 Å². The molecular formula is C14H27NO. The maximum atomic E-state index is 11.4. The van der Waals surface area contributed by atoms with Gasteiger partial charge in [-0.25, -0.2) is 0 Å². The van der Waals surface area contributed by atoms with E-state index in [-0.39, 0.29) is 5.91 Å². The van der Waals surface area contributed by atoms with Crippen molar-refractivity contribution in [1.82, 2.24) is 4.90 Å². The van der Waals surface area contributed by atoms with Gasteiger partial charge in [0.2, 0.25) is 5.91 Å². The molecule has 2 heteroatoms. The van der Waals surface area contributed by atoms with Crippen LogP contribution in [0.4, 0.5) is 0 Å². The molecule has 0 N–H and O–H groups in total. The van der Waals surface area contributed by atoms with Crippen molar-refractivity contribution < 1.29 is 4.79 Å². The summed E-state index contributed by atoms with van der Waals surface area (Å²) in [6.45, 7) is 1.69. The van der Waals surface area contributed by atoms with Gasteiger partial charge in [-0.2, -0.15) is 0 Å². The van der Waals surface area contributed by atoms with Gasteiger partial charge in [-0.15, -0.1) is 0 Å². The van der Waals surface area contributed by atoms with Crippen LogP contribution in [0.25, 0.3) is 0 Å². The van der Waals surface area contributed by atoms with E-state index in [1.165, 1.54) is 64.2 Å². The van der Waals surface area contributed by atoms with Crippen molar-refractivity contribution in [3.8, 4) is 0 Å². The van der Waals surface area contributed by atoms with Crippen LogP contribution in [0.3, 0.4) is 0 Å². The summed E-state index contributed by atoms with van der Waals surface area (Å²) in [5.74, 6) is 0.222. The van der Waals surface area contributed by atoms with Crippen LogP contribution < -0.4 is 0 Å². The molecule has 1 saturated carbocycles. The van der Waals surface area contributed by atoms with Crippen molar-refractivity contribution in [3.63, 3.8) is 0 Å². The molecule has 1 rings (SSSR count). The Kier molecular flexibility index (Phi) is 6.51. The third kappa shape index (κ3) is 5.00. The van der Waals surface area contributed by atoms with Crippen LogP contribution in [0.2, 0.25) is 0 Å². The fourth-order valence-corrected chi connectivity index (χ4v) is 2.61. The number of carbonyl (C=O) groups excluding carboxylic acids is 1. The van der Waals surface area contributed by atoms with E-state index in [1.54, 1.807) is 6.92 Å². The number of hydrogen-bond acceptors (Lipinski definition) is 1. The monoisotopic (exact) mass is 225 g/mol. The minimum atomic E-state index is 0.222. The number of carbonyl (C=O) groups is 1. The van der Waals surface area contributed by atoms with E-state index < -0.39 is 0 Å². The molecule has 1 aliphatic carbocycles. The molecule has 0 atom stereocenters. The molecule has 0 radical (unpaired) electrons. The Balaban J connectivity index is 2.41. The highest BCUT2D eigenvalue weighted by molar-refractivity contribution is 5.73. The standard InChI is InChI=1S/C14H27NO/c1-13(16)15(2)14-11-9-7-5-3-4-6-8-10-12-14/h14H,3-12H2,1-2H3.